The summed E-state index contributed by atoms with van der Waals surface area (Å²) in [7, 11) is 0. The monoisotopic (exact) mass is 217 g/mol. The van der Waals surface area contributed by atoms with Crippen LogP contribution in [0.1, 0.15) is 35.8 Å². The maximum Gasteiger partial charge on any atom is 0.269 e. The third-order valence-electron chi connectivity index (χ3n) is 2.68. The summed E-state index contributed by atoms with van der Waals surface area (Å²) in [5.41, 5.74) is 7.66. The van der Waals surface area contributed by atoms with Gasteiger partial charge in [-0.2, -0.15) is 5.10 Å². The third-order valence-corrected chi connectivity index (χ3v) is 2.68. The Kier molecular flexibility index (Phi) is 2.90. The topological polar surface area (TPSA) is 71.8 Å². The first-order valence-electron chi connectivity index (χ1n) is 5.49. The SMILES string of the molecule is CCCCc1ccc2[nH]nc(C(N)=O)c2c1. The molecule has 84 valence electrons. The van der Waals surface area contributed by atoms with E-state index in [4.69, 9.17) is 5.73 Å². The highest BCUT2D eigenvalue weighted by molar-refractivity contribution is 6.03. The zero-order valence-corrected chi connectivity index (χ0v) is 9.29. The van der Waals surface area contributed by atoms with Gasteiger partial charge in [0, 0.05) is 5.39 Å². The van der Waals surface area contributed by atoms with Crippen LogP contribution in [-0.4, -0.2) is 16.1 Å². The average molecular weight is 217 g/mol. The molecule has 0 unspecified atom stereocenters. The van der Waals surface area contributed by atoms with Gasteiger partial charge in [0.05, 0.1) is 5.52 Å². The first kappa shape index (κ1) is 10.7. The minimum atomic E-state index is -0.487. The normalized spacial score (nSPS) is 10.8. The van der Waals surface area contributed by atoms with Crippen LogP contribution >= 0.6 is 0 Å². The number of hydrogen-bond donors (Lipinski definition) is 2. The Morgan fingerprint density at radius 3 is 3.00 bits per heavy atom. The van der Waals surface area contributed by atoms with Gasteiger partial charge in [-0.05, 0) is 30.5 Å². The minimum absolute atomic E-state index is 0.327. The highest BCUT2D eigenvalue weighted by atomic mass is 16.1. The quantitative estimate of drug-likeness (QED) is 0.822. The zero-order chi connectivity index (χ0) is 11.5. The van der Waals surface area contributed by atoms with Crippen LogP contribution in [0.4, 0.5) is 0 Å². The second-order valence-electron chi connectivity index (χ2n) is 3.92. The standard InChI is InChI=1S/C12H15N3O/c1-2-3-4-8-5-6-10-9(7-8)11(12(13)16)15-14-10/h5-7H,2-4H2,1H3,(H2,13,16)(H,14,15). The Labute approximate surface area is 93.8 Å². The van der Waals surface area contributed by atoms with E-state index in [1.165, 1.54) is 5.56 Å². The van der Waals surface area contributed by atoms with Gasteiger partial charge in [-0.25, -0.2) is 0 Å². The molecule has 0 aliphatic heterocycles. The maximum atomic E-state index is 11.1. The number of aromatic amines is 1. The number of nitrogens with two attached hydrogens (primary N) is 1. The van der Waals surface area contributed by atoms with Crippen molar-refractivity contribution >= 4 is 16.8 Å². The number of fused-ring (bicyclic) bond motifs is 1. The van der Waals surface area contributed by atoms with Crippen LogP contribution < -0.4 is 5.73 Å². The molecule has 0 aliphatic carbocycles. The number of carbonyl (C=O) groups is 1. The molecule has 3 N–H and O–H groups in total. The minimum Gasteiger partial charge on any atom is -0.364 e. The van der Waals surface area contributed by atoms with Crippen molar-refractivity contribution in [3.63, 3.8) is 0 Å². The summed E-state index contributed by atoms with van der Waals surface area (Å²) in [6.07, 6.45) is 3.33. The lowest BCUT2D eigenvalue weighted by molar-refractivity contribution is 0.0997. The van der Waals surface area contributed by atoms with E-state index >= 15 is 0 Å². The van der Waals surface area contributed by atoms with Crippen LogP contribution in [0.15, 0.2) is 18.2 Å². The number of H-pyrrole nitrogens is 1. The Balaban J connectivity index is 2.42. The maximum absolute atomic E-state index is 11.1. The van der Waals surface area contributed by atoms with Crippen LogP contribution in [0.5, 0.6) is 0 Å². The molecule has 0 aliphatic rings. The van der Waals surface area contributed by atoms with Crippen molar-refractivity contribution in [1.82, 2.24) is 10.2 Å². The predicted molar refractivity (Wildman–Crippen MR) is 63.2 cm³/mol. The molecule has 0 radical (unpaired) electrons. The van der Waals surface area contributed by atoms with E-state index in [1.807, 2.05) is 12.1 Å². The van der Waals surface area contributed by atoms with Gasteiger partial charge in [0.25, 0.3) is 5.91 Å². The largest absolute Gasteiger partial charge is 0.364 e. The van der Waals surface area contributed by atoms with Crippen molar-refractivity contribution in [3.8, 4) is 0 Å². The van der Waals surface area contributed by atoms with Crippen molar-refractivity contribution in [2.24, 2.45) is 5.73 Å². The van der Waals surface area contributed by atoms with Gasteiger partial charge in [-0.15, -0.1) is 0 Å². The molecular formula is C12H15N3O. The summed E-state index contributed by atoms with van der Waals surface area (Å²) in [5, 5.41) is 7.54. The molecule has 2 rings (SSSR count). The molecule has 1 aromatic carbocycles. The van der Waals surface area contributed by atoms with Gasteiger partial charge in [-0.3, -0.25) is 9.89 Å². The molecule has 4 nitrogen and oxygen atoms in total. The number of nitrogens with one attached hydrogen (secondary N) is 1. The van der Waals surface area contributed by atoms with Crippen molar-refractivity contribution < 1.29 is 4.79 Å². The molecule has 0 saturated heterocycles. The van der Waals surface area contributed by atoms with Gasteiger partial charge < -0.3 is 5.73 Å². The molecule has 16 heavy (non-hydrogen) atoms. The Morgan fingerprint density at radius 1 is 1.50 bits per heavy atom. The summed E-state index contributed by atoms with van der Waals surface area (Å²) < 4.78 is 0. The Hall–Kier alpha value is -1.84. The van der Waals surface area contributed by atoms with Crippen LogP contribution in [0.25, 0.3) is 10.9 Å². The number of aromatic nitrogens is 2. The molecule has 0 atom stereocenters. The summed E-state index contributed by atoms with van der Waals surface area (Å²) in [5.74, 6) is -0.487. The highest BCUT2D eigenvalue weighted by Gasteiger charge is 2.10. The number of rotatable bonds is 4. The highest BCUT2D eigenvalue weighted by Crippen LogP contribution is 2.18. The van der Waals surface area contributed by atoms with Gasteiger partial charge in [0.15, 0.2) is 5.69 Å². The molecule has 2 aromatic rings. The van der Waals surface area contributed by atoms with Crippen LogP contribution in [0.3, 0.4) is 0 Å². The van der Waals surface area contributed by atoms with Crippen LogP contribution in [0, 0.1) is 0 Å². The molecule has 0 fully saturated rings. The molecule has 0 saturated carbocycles. The first-order valence-corrected chi connectivity index (χ1v) is 5.49. The molecule has 4 heteroatoms. The number of nitrogens with zero attached hydrogens (tertiary/aromatic N) is 1. The molecule has 0 bridgehead atoms. The van der Waals surface area contributed by atoms with Crippen LogP contribution in [0.2, 0.25) is 0 Å². The number of unbranched alkanes of at least 4 members (excludes halogenated alkanes) is 1. The fourth-order valence-electron chi connectivity index (χ4n) is 1.79. The number of carbonyl (C=O) groups excluding carboxylic acids is 1. The number of aryl methyl sites for hydroxylation is 1. The predicted octanol–water partition coefficient (Wildman–Crippen LogP) is 2.00. The van der Waals surface area contributed by atoms with E-state index in [0.29, 0.717) is 5.69 Å². The summed E-state index contributed by atoms with van der Waals surface area (Å²) >= 11 is 0. The Morgan fingerprint density at radius 2 is 2.31 bits per heavy atom. The van der Waals surface area contributed by atoms with E-state index in [2.05, 4.69) is 23.2 Å². The molecule has 0 spiro atoms. The van der Waals surface area contributed by atoms with E-state index in [9.17, 15) is 4.79 Å². The van der Waals surface area contributed by atoms with Gasteiger partial charge >= 0.3 is 0 Å². The average Bonchev–Trinajstić information content (AvgIpc) is 2.69. The van der Waals surface area contributed by atoms with Gasteiger partial charge in [0.1, 0.15) is 0 Å². The molecule has 1 aromatic heterocycles. The fourth-order valence-corrected chi connectivity index (χ4v) is 1.79. The third kappa shape index (κ3) is 1.91. The van der Waals surface area contributed by atoms with Crippen molar-refractivity contribution in [2.75, 3.05) is 0 Å². The van der Waals surface area contributed by atoms with Gasteiger partial charge in [-0.1, -0.05) is 19.4 Å². The summed E-state index contributed by atoms with van der Waals surface area (Å²) in [6.45, 7) is 2.16. The second kappa shape index (κ2) is 4.35. The summed E-state index contributed by atoms with van der Waals surface area (Å²) in [4.78, 5) is 11.1. The number of benzene rings is 1. The smallest absolute Gasteiger partial charge is 0.269 e. The Bertz CT molecular complexity index is 516. The number of hydrogen-bond acceptors (Lipinski definition) is 2. The first-order chi connectivity index (χ1) is 7.72. The van der Waals surface area contributed by atoms with Crippen molar-refractivity contribution in [2.45, 2.75) is 26.2 Å². The molecular weight excluding hydrogens is 202 g/mol. The lowest BCUT2D eigenvalue weighted by Crippen LogP contribution is -2.11. The summed E-state index contributed by atoms with van der Waals surface area (Å²) in [6, 6.07) is 6.00. The van der Waals surface area contributed by atoms with E-state index in [1.54, 1.807) is 0 Å². The number of primary amides is 1. The van der Waals surface area contributed by atoms with E-state index in [0.717, 1.165) is 30.2 Å². The number of amides is 1. The van der Waals surface area contributed by atoms with Crippen LogP contribution in [-0.2, 0) is 6.42 Å². The molecule has 1 heterocycles. The van der Waals surface area contributed by atoms with Gasteiger partial charge in [0.2, 0.25) is 0 Å². The molecule has 1 amide bonds. The lowest BCUT2D eigenvalue weighted by Gasteiger charge is -2.00. The zero-order valence-electron chi connectivity index (χ0n) is 9.29. The van der Waals surface area contributed by atoms with E-state index in [-0.39, 0.29) is 0 Å². The van der Waals surface area contributed by atoms with Crippen molar-refractivity contribution in [1.29, 1.82) is 0 Å². The fraction of sp³-hybridized carbons (Fsp3) is 0.333. The lowest BCUT2D eigenvalue weighted by atomic mass is 10.1. The van der Waals surface area contributed by atoms with E-state index < -0.39 is 5.91 Å². The second-order valence-corrected chi connectivity index (χ2v) is 3.92. The van der Waals surface area contributed by atoms with Crippen molar-refractivity contribution in [3.05, 3.63) is 29.5 Å².